The van der Waals surface area contributed by atoms with E-state index in [1.54, 1.807) is 9.80 Å². The van der Waals surface area contributed by atoms with E-state index in [9.17, 15) is 19.1 Å². The molecule has 1 amide bonds. The third-order valence-corrected chi connectivity index (χ3v) is 4.80. The molecule has 1 aliphatic rings. The summed E-state index contributed by atoms with van der Waals surface area (Å²) in [5.74, 6) is -1.80. The van der Waals surface area contributed by atoms with E-state index in [2.05, 4.69) is 0 Å². The van der Waals surface area contributed by atoms with Crippen molar-refractivity contribution in [2.24, 2.45) is 0 Å². The Morgan fingerprint density at radius 3 is 2.55 bits per heavy atom. The fraction of sp³-hybridized carbons (Fsp3) is 0.333. The van der Waals surface area contributed by atoms with Gasteiger partial charge in [-0.15, -0.1) is 0 Å². The number of nitrogens with zero attached hydrogens (tertiary/aromatic N) is 2. The first-order chi connectivity index (χ1) is 14.0. The molecule has 0 radical (unpaired) electrons. The number of benzene rings is 2. The van der Waals surface area contributed by atoms with Gasteiger partial charge in [-0.2, -0.15) is 0 Å². The van der Waals surface area contributed by atoms with Crippen molar-refractivity contribution in [1.82, 2.24) is 4.90 Å². The van der Waals surface area contributed by atoms with Crippen LogP contribution in [0.4, 0.5) is 14.9 Å². The van der Waals surface area contributed by atoms with Crippen molar-refractivity contribution >= 4 is 17.7 Å². The topological polar surface area (TPSA) is 79.3 Å². The second kappa shape index (κ2) is 9.27. The molecule has 0 aliphatic carbocycles. The van der Waals surface area contributed by atoms with Crippen LogP contribution in [0.3, 0.4) is 0 Å². The highest BCUT2D eigenvalue weighted by molar-refractivity contribution is 5.91. The average molecular weight is 402 g/mol. The predicted octanol–water partition coefficient (Wildman–Crippen LogP) is 3.38. The summed E-state index contributed by atoms with van der Waals surface area (Å²) in [4.78, 5) is 27.0. The van der Waals surface area contributed by atoms with Crippen LogP contribution < -0.4 is 9.64 Å². The highest BCUT2D eigenvalue weighted by atomic mass is 19.1. The van der Waals surface area contributed by atoms with Crippen molar-refractivity contribution < 1.29 is 28.6 Å². The standard InChI is InChI=1S/C21H23FN2O5/c1-28-19-13-18(17(22)12-16(19)20(25)26)23-8-5-9-24(11-10-23)21(27)29-14-15-6-3-2-4-7-15/h2-4,6-7,12-13H,5,8-11,14H2,1H3,(H,25,26). The van der Waals surface area contributed by atoms with Gasteiger partial charge in [0.2, 0.25) is 0 Å². The number of carbonyl (C=O) groups is 2. The number of carboxylic acids is 1. The maximum Gasteiger partial charge on any atom is 0.410 e. The Morgan fingerprint density at radius 1 is 1.10 bits per heavy atom. The summed E-state index contributed by atoms with van der Waals surface area (Å²) in [6.07, 6.45) is 0.220. The molecule has 0 atom stereocenters. The Bertz CT molecular complexity index is 875. The maximum atomic E-state index is 14.5. The molecule has 7 nitrogen and oxygen atoms in total. The van der Waals surface area contributed by atoms with E-state index in [4.69, 9.17) is 9.47 Å². The number of amides is 1. The number of ether oxygens (including phenoxy) is 2. The van der Waals surface area contributed by atoms with Crippen LogP contribution in [-0.4, -0.2) is 55.4 Å². The third kappa shape index (κ3) is 4.96. The van der Waals surface area contributed by atoms with Crippen molar-refractivity contribution in [3.05, 3.63) is 59.4 Å². The zero-order valence-electron chi connectivity index (χ0n) is 16.1. The number of anilines is 1. The molecule has 1 aliphatic heterocycles. The molecule has 29 heavy (non-hydrogen) atoms. The quantitative estimate of drug-likeness (QED) is 0.826. The predicted molar refractivity (Wildman–Crippen MR) is 105 cm³/mol. The van der Waals surface area contributed by atoms with Gasteiger partial charge in [-0.25, -0.2) is 14.0 Å². The Labute approximate surface area is 168 Å². The van der Waals surface area contributed by atoms with E-state index >= 15 is 0 Å². The molecule has 0 bridgehead atoms. The zero-order valence-corrected chi connectivity index (χ0v) is 16.1. The second-order valence-corrected chi connectivity index (χ2v) is 6.68. The minimum absolute atomic E-state index is 0.0947. The van der Waals surface area contributed by atoms with Crippen LogP contribution in [0.25, 0.3) is 0 Å². The van der Waals surface area contributed by atoms with Gasteiger partial charge in [0.15, 0.2) is 0 Å². The summed E-state index contributed by atoms with van der Waals surface area (Å²) in [7, 11) is 1.34. The van der Waals surface area contributed by atoms with E-state index in [1.165, 1.54) is 13.2 Å². The van der Waals surface area contributed by atoms with Gasteiger partial charge in [-0.1, -0.05) is 30.3 Å². The number of aromatic carboxylic acids is 1. The Kier molecular flexibility index (Phi) is 6.54. The van der Waals surface area contributed by atoms with Crippen molar-refractivity contribution in [2.45, 2.75) is 13.0 Å². The molecule has 0 saturated carbocycles. The minimum atomic E-state index is -1.25. The Balaban J connectivity index is 1.65. The van der Waals surface area contributed by atoms with Gasteiger partial charge >= 0.3 is 12.1 Å². The highest BCUT2D eigenvalue weighted by Gasteiger charge is 2.24. The average Bonchev–Trinajstić information content (AvgIpc) is 2.98. The van der Waals surface area contributed by atoms with Gasteiger partial charge in [-0.05, 0) is 18.1 Å². The lowest BCUT2D eigenvalue weighted by atomic mass is 10.1. The SMILES string of the molecule is COc1cc(N2CCCN(C(=O)OCc3ccccc3)CC2)c(F)cc1C(=O)O. The molecular weight excluding hydrogens is 379 g/mol. The van der Waals surface area contributed by atoms with Gasteiger partial charge in [0, 0.05) is 32.2 Å². The van der Waals surface area contributed by atoms with Crippen molar-refractivity contribution in [2.75, 3.05) is 38.2 Å². The largest absolute Gasteiger partial charge is 0.496 e. The number of rotatable bonds is 5. The lowest BCUT2D eigenvalue weighted by Crippen LogP contribution is -2.35. The van der Waals surface area contributed by atoms with E-state index < -0.39 is 17.9 Å². The second-order valence-electron chi connectivity index (χ2n) is 6.68. The zero-order chi connectivity index (χ0) is 20.8. The summed E-state index contributed by atoms with van der Waals surface area (Å²) in [6.45, 7) is 1.98. The van der Waals surface area contributed by atoms with E-state index in [0.717, 1.165) is 11.6 Å². The molecule has 8 heteroatoms. The van der Waals surface area contributed by atoms with Crippen molar-refractivity contribution in [3.8, 4) is 5.75 Å². The van der Waals surface area contributed by atoms with E-state index in [0.29, 0.717) is 32.6 Å². The van der Waals surface area contributed by atoms with Crippen LogP contribution in [0.5, 0.6) is 5.75 Å². The van der Waals surface area contributed by atoms with Crippen LogP contribution in [0.15, 0.2) is 42.5 Å². The fourth-order valence-corrected chi connectivity index (χ4v) is 3.27. The van der Waals surface area contributed by atoms with Crippen molar-refractivity contribution in [3.63, 3.8) is 0 Å². The first kappa shape index (κ1) is 20.4. The number of methoxy groups -OCH3 is 1. The van der Waals surface area contributed by atoms with Gasteiger partial charge in [0.05, 0.1) is 12.8 Å². The summed E-state index contributed by atoms with van der Waals surface area (Å²) < 4.78 is 25.0. The van der Waals surface area contributed by atoms with Crippen LogP contribution in [-0.2, 0) is 11.3 Å². The van der Waals surface area contributed by atoms with Crippen LogP contribution >= 0.6 is 0 Å². The summed E-state index contributed by atoms with van der Waals surface area (Å²) in [6, 6.07) is 11.8. The first-order valence-corrected chi connectivity index (χ1v) is 9.31. The summed E-state index contributed by atoms with van der Waals surface area (Å²) in [5.41, 5.74) is 0.936. The number of halogens is 1. The Morgan fingerprint density at radius 2 is 1.86 bits per heavy atom. The molecule has 154 valence electrons. The fourth-order valence-electron chi connectivity index (χ4n) is 3.27. The monoisotopic (exact) mass is 402 g/mol. The molecule has 0 unspecified atom stereocenters. The van der Waals surface area contributed by atoms with Gasteiger partial charge in [0.25, 0.3) is 0 Å². The van der Waals surface area contributed by atoms with E-state index in [-0.39, 0.29) is 23.6 Å². The smallest absolute Gasteiger partial charge is 0.410 e. The Hall–Kier alpha value is -3.29. The van der Waals surface area contributed by atoms with Gasteiger partial charge < -0.3 is 24.4 Å². The van der Waals surface area contributed by atoms with Gasteiger partial charge in [-0.3, -0.25) is 0 Å². The molecule has 0 spiro atoms. The first-order valence-electron chi connectivity index (χ1n) is 9.31. The third-order valence-electron chi connectivity index (χ3n) is 4.80. The number of hydrogen-bond donors (Lipinski definition) is 1. The molecular formula is C21H23FN2O5. The number of hydrogen-bond acceptors (Lipinski definition) is 5. The van der Waals surface area contributed by atoms with Crippen LogP contribution in [0.1, 0.15) is 22.3 Å². The molecule has 1 fully saturated rings. The van der Waals surface area contributed by atoms with Crippen molar-refractivity contribution in [1.29, 1.82) is 0 Å². The summed E-state index contributed by atoms with van der Waals surface area (Å²) >= 11 is 0. The molecule has 1 saturated heterocycles. The summed E-state index contributed by atoms with van der Waals surface area (Å²) in [5, 5.41) is 9.18. The molecule has 1 heterocycles. The molecule has 2 aromatic carbocycles. The molecule has 1 N–H and O–H groups in total. The van der Waals surface area contributed by atoms with E-state index in [1.807, 2.05) is 30.3 Å². The van der Waals surface area contributed by atoms with Gasteiger partial charge in [0.1, 0.15) is 23.7 Å². The molecule has 0 aromatic heterocycles. The maximum absolute atomic E-state index is 14.5. The minimum Gasteiger partial charge on any atom is -0.496 e. The van der Waals surface area contributed by atoms with Crippen LogP contribution in [0.2, 0.25) is 0 Å². The molecule has 3 rings (SSSR count). The number of carbonyl (C=O) groups excluding carboxylic acids is 1. The van der Waals surface area contributed by atoms with Crippen LogP contribution in [0, 0.1) is 5.82 Å². The normalized spacial score (nSPS) is 14.3. The lowest BCUT2D eigenvalue weighted by Gasteiger charge is -2.24. The highest BCUT2D eigenvalue weighted by Crippen LogP contribution is 2.30. The number of carboxylic acid groups (broad SMARTS) is 1. The lowest BCUT2D eigenvalue weighted by molar-refractivity contribution is 0.0692. The molecule has 2 aromatic rings.